The van der Waals surface area contributed by atoms with Crippen molar-refractivity contribution in [2.24, 2.45) is 0 Å². The number of ether oxygens (including phenoxy) is 5. The molecule has 0 heterocycles. The molecule has 0 aromatic heterocycles. The number of carbonyl (C=O) groups is 2. The number of phenols is 1. The first kappa shape index (κ1) is 30.4. The minimum atomic E-state index is -0.972. The van der Waals surface area contributed by atoms with Crippen LogP contribution in [-0.2, 0) is 22.5 Å². The minimum absolute atomic E-state index is 0.119. The number of hydrogen-bond donors (Lipinski definition) is 3. The monoisotopic (exact) mass is 532 g/mol. The first-order valence-electron chi connectivity index (χ1n) is 12.2. The fourth-order valence-electron chi connectivity index (χ4n) is 3.59. The molecule has 3 N–H and O–H groups in total. The van der Waals surface area contributed by atoms with E-state index in [-0.39, 0.29) is 41.4 Å². The van der Waals surface area contributed by atoms with Crippen LogP contribution < -0.4 is 29.6 Å². The van der Waals surface area contributed by atoms with Crippen molar-refractivity contribution < 1.29 is 38.4 Å². The number of methoxy groups -OCH3 is 3. The van der Waals surface area contributed by atoms with Crippen LogP contribution in [0.2, 0.25) is 0 Å². The molecule has 2 amide bonds. The van der Waals surface area contributed by atoms with Crippen molar-refractivity contribution in [1.29, 1.82) is 0 Å². The van der Waals surface area contributed by atoms with Gasteiger partial charge in [-0.05, 0) is 59.2 Å². The van der Waals surface area contributed by atoms with Gasteiger partial charge in [0, 0.05) is 12.5 Å². The summed E-state index contributed by atoms with van der Waals surface area (Å²) in [5.41, 5.74) is -0.0342. The maximum absolute atomic E-state index is 13.3. The van der Waals surface area contributed by atoms with Gasteiger partial charge in [-0.3, -0.25) is 4.79 Å². The van der Waals surface area contributed by atoms with Crippen LogP contribution in [0, 0.1) is 0 Å². The molecule has 0 bridgehead atoms. The normalized spacial score (nSPS) is 12.2. The Labute approximate surface area is 224 Å². The number of nitrogens with one attached hydrogen (secondary N) is 2. The number of aromatic hydroxyl groups is 1. The Hall–Kier alpha value is -3.82. The van der Waals surface area contributed by atoms with Gasteiger partial charge in [0.25, 0.3) is 0 Å². The Balaban J connectivity index is 2.28. The molecule has 1 atom stereocenters. The number of alkyl carbamates (subject to hydrolysis) is 1. The zero-order valence-corrected chi connectivity index (χ0v) is 23.7. The molecule has 0 saturated carbocycles. The zero-order valence-electron chi connectivity index (χ0n) is 23.7. The minimum Gasteiger partial charge on any atom is -0.504 e. The Morgan fingerprint density at radius 3 is 2.00 bits per heavy atom. The molecule has 210 valence electrons. The lowest BCUT2D eigenvalue weighted by Crippen LogP contribution is -2.49. The third-order valence-corrected chi connectivity index (χ3v) is 5.16. The van der Waals surface area contributed by atoms with Gasteiger partial charge in [0.1, 0.15) is 23.0 Å². The highest BCUT2D eigenvalue weighted by Gasteiger charge is 2.27. The summed E-state index contributed by atoms with van der Waals surface area (Å²) < 4.78 is 27.2. The number of carbonyl (C=O) groups excluding carboxylic acids is 2. The van der Waals surface area contributed by atoms with Crippen LogP contribution in [-0.4, -0.2) is 55.7 Å². The Kier molecular flexibility index (Phi) is 10.1. The second-order valence-electron chi connectivity index (χ2n) is 10.6. The number of benzene rings is 2. The number of hydrogen-bond acceptors (Lipinski definition) is 8. The van der Waals surface area contributed by atoms with E-state index in [0.717, 1.165) is 5.56 Å². The van der Waals surface area contributed by atoms with E-state index in [2.05, 4.69) is 10.6 Å². The lowest BCUT2D eigenvalue weighted by Gasteiger charge is -2.24. The Morgan fingerprint density at radius 2 is 1.50 bits per heavy atom. The first-order valence-corrected chi connectivity index (χ1v) is 12.2. The molecule has 2 aromatic rings. The van der Waals surface area contributed by atoms with E-state index < -0.39 is 23.6 Å². The number of phenolic OH excluding ortho intramolecular Hbond substituents is 1. The van der Waals surface area contributed by atoms with Gasteiger partial charge < -0.3 is 39.4 Å². The van der Waals surface area contributed by atoms with Gasteiger partial charge in [-0.25, -0.2) is 4.79 Å². The molecule has 0 aliphatic rings. The average Bonchev–Trinajstić information content (AvgIpc) is 2.81. The fourth-order valence-corrected chi connectivity index (χ4v) is 3.59. The van der Waals surface area contributed by atoms with Gasteiger partial charge in [-0.2, -0.15) is 0 Å². The van der Waals surface area contributed by atoms with Crippen LogP contribution in [0.5, 0.6) is 28.7 Å². The fraction of sp³-hybridized carbons (Fsp3) is 0.500. The molecule has 2 rings (SSSR count). The van der Waals surface area contributed by atoms with E-state index in [4.69, 9.17) is 23.7 Å². The van der Waals surface area contributed by atoms with Gasteiger partial charge in [0.05, 0.1) is 33.4 Å². The first-order chi connectivity index (χ1) is 17.7. The number of rotatable bonds is 10. The molecule has 0 spiro atoms. The van der Waals surface area contributed by atoms with Crippen molar-refractivity contribution in [1.82, 2.24) is 10.6 Å². The number of amides is 2. The highest BCUT2D eigenvalue weighted by Crippen LogP contribution is 2.43. The van der Waals surface area contributed by atoms with Crippen molar-refractivity contribution in [3.8, 4) is 28.7 Å². The van der Waals surface area contributed by atoms with E-state index in [1.165, 1.54) is 27.4 Å². The molecule has 0 fully saturated rings. The summed E-state index contributed by atoms with van der Waals surface area (Å²) in [6.07, 6.45) is -0.542. The standard InChI is InChI=1S/C28H40N2O8/c1-27(2,3)37-18-12-10-17(11-13-18)14-20(30-26(33)38-28(4,5)6)25(32)29-16-19-23(31)21(34-7)15-22(35-8)24(19)36-9/h10-13,15,20,31H,14,16H2,1-9H3,(H,29,32)(H,30,33)/t20-/m0/s1. The van der Waals surface area contributed by atoms with Crippen molar-refractivity contribution in [3.05, 3.63) is 41.5 Å². The van der Waals surface area contributed by atoms with E-state index >= 15 is 0 Å². The quantitative estimate of drug-likeness (QED) is 0.413. The zero-order chi connectivity index (χ0) is 28.7. The maximum Gasteiger partial charge on any atom is 0.408 e. The Morgan fingerprint density at radius 1 is 0.895 bits per heavy atom. The predicted octanol–water partition coefficient (Wildman–Crippen LogP) is 4.35. The average molecular weight is 533 g/mol. The second-order valence-corrected chi connectivity index (χ2v) is 10.6. The van der Waals surface area contributed by atoms with Gasteiger partial charge in [-0.15, -0.1) is 0 Å². The summed E-state index contributed by atoms with van der Waals surface area (Å²) in [6.45, 7) is 11.0. The molecule has 2 aromatic carbocycles. The van der Waals surface area contributed by atoms with Gasteiger partial charge in [-0.1, -0.05) is 12.1 Å². The van der Waals surface area contributed by atoms with Gasteiger partial charge in [0.2, 0.25) is 5.91 Å². The molecular weight excluding hydrogens is 492 g/mol. The summed E-state index contributed by atoms with van der Waals surface area (Å²) in [5.74, 6) is 0.736. The van der Waals surface area contributed by atoms with E-state index in [1.54, 1.807) is 20.8 Å². The summed E-state index contributed by atoms with van der Waals surface area (Å²) in [5, 5.41) is 16.1. The molecule has 38 heavy (non-hydrogen) atoms. The highest BCUT2D eigenvalue weighted by molar-refractivity contribution is 5.86. The molecule has 0 saturated heterocycles. The third kappa shape index (κ3) is 8.93. The SMILES string of the molecule is COc1cc(OC)c(OC)c(CNC(=O)[C@H](Cc2ccc(OC(C)(C)C)cc2)NC(=O)OC(C)(C)C)c1O. The third-order valence-electron chi connectivity index (χ3n) is 5.16. The van der Waals surface area contributed by atoms with Crippen LogP contribution >= 0.6 is 0 Å². The largest absolute Gasteiger partial charge is 0.504 e. The molecule has 0 radical (unpaired) electrons. The van der Waals surface area contributed by atoms with Crippen LogP contribution in [0.3, 0.4) is 0 Å². The molecule has 0 unspecified atom stereocenters. The predicted molar refractivity (Wildman–Crippen MR) is 143 cm³/mol. The highest BCUT2D eigenvalue weighted by atomic mass is 16.6. The maximum atomic E-state index is 13.3. The summed E-state index contributed by atoms with van der Waals surface area (Å²) in [4.78, 5) is 25.8. The van der Waals surface area contributed by atoms with Gasteiger partial charge >= 0.3 is 6.09 Å². The lowest BCUT2D eigenvalue weighted by atomic mass is 10.0. The van der Waals surface area contributed by atoms with E-state index in [9.17, 15) is 14.7 Å². The second kappa shape index (κ2) is 12.6. The topological polar surface area (TPSA) is 125 Å². The lowest BCUT2D eigenvalue weighted by molar-refractivity contribution is -0.123. The molecule has 0 aliphatic carbocycles. The summed E-state index contributed by atoms with van der Waals surface area (Å²) in [7, 11) is 4.28. The summed E-state index contributed by atoms with van der Waals surface area (Å²) >= 11 is 0. The van der Waals surface area contributed by atoms with Crippen molar-refractivity contribution in [2.45, 2.75) is 71.8 Å². The smallest absolute Gasteiger partial charge is 0.408 e. The van der Waals surface area contributed by atoms with Crippen LogP contribution in [0.1, 0.15) is 52.7 Å². The van der Waals surface area contributed by atoms with Crippen molar-refractivity contribution in [3.63, 3.8) is 0 Å². The van der Waals surface area contributed by atoms with Crippen LogP contribution in [0.4, 0.5) is 4.79 Å². The van der Waals surface area contributed by atoms with Gasteiger partial charge in [0.15, 0.2) is 23.0 Å². The van der Waals surface area contributed by atoms with Crippen molar-refractivity contribution in [2.75, 3.05) is 21.3 Å². The van der Waals surface area contributed by atoms with Crippen LogP contribution in [0.25, 0.3) is 0 Å². The molecule has 10 nitrogen and oxygen atoms in total. The van der Waals surface area contributed by atoms with E-state index in [0.29, 0.717) is 11.5 Å². The van der Waals surface area contributed by atoms with Crippen molar-refractivity contribution >= 4 is 12.0 Å². The van der Waals surface area contributed by atoms with Crippen LogP contribution in [0.15, 0.2) is 30.3 Å². The van der Waals surface area contributed by atoms with E-state index in [1.807, 2.05) is 45.0 Å². The summed E-state index contributed by atoms with van der Waals surface area (Å²) in [6, 6.07) is 7.81. The molecule has 0 aliphatic heterocycles. The molecule has 10 heteroatoms. The Bertz CT molecular complexity index is 1100. The molecular formula is C28H40N2O8.